The first kappa shape index (κ1) is 15.4. The third kappa shape index (κ3) is 3.38. The number of nitrogens with two attached hydrogens (primary N) is 1. The Hall–Kier alpha value is -1.97. The number of aryl methyl sites for hydroxylation is 1. The van der Waals surface area contributed by atoms with Crippen LogP contribution in [0.5, 0.6) is 0 Å². The van der Waals surface area contributed by atoms with Gasteiger partial charge in [-0.15, -0.1) is 11.3 Å². The number of thiophene rings is 1. The maximum Gasteiger partial charge on any atom is 0.292 e. The highest BCUT2D eigenvalue weighted by atomic mass is 32.2. The Morgan fingerprint density at radius 3 is 2.62 bits per heavy atom. The minimum Gasteiger partial charge on any atom is -0.393 e. The van der Waals surface area contributed by atoms with E-state index in [1.54, 1.807) is 0 Å². The highest BCUT2D eigenvalue weighted by Gasteiger charge is 2.19. The molecule has 7 nitrogen and oxygen atoms in total. The molecule has 0 aliphatic rings. The van der Waals surface area contributed by atoms with Gasteiger partial charge in [0.2, 0.25) is 10.0 Å². The number of nitrogens with one attached hydrogen (secondary N) is 1. The molecule has 21 heavy (non-hydrogen) atoms. The summed E-state index contributed by atoms with van der Waals surface area (Å²) in [5.41, 5.74) is 6.01. The molecule has 1 aromatic carbocycles. The van der Waals surface area contributed by atoms with Crippen molar-refractivity contribution in [3.8, 4) is 0 Å². The van der Waals surface area contributed by atoms with Crippen molar-refractivity contribution in [2.45, 2.75) is 18.4 Å². The van der Waals surface area contributed by atoms with Gasteiger partial charge in [0.15, 0.2) is 0 Å². The molecule has 0 bridgehead atoms. The molecule has 2 aromatic rings. The van der Waals surface area contributed by atoms with Crippen molar-refractivity contribution in [1.29, 1.82) is 0 Å². The van der Waals surface area contributed by atoms with Gasteiger partial charge in [-0.2, -0.15) is 0 Å². The Kier molecular flexibility index (Phi) is 4.26. The molecule has 0 atom stereocenters. The molecular formula is C12H13N3O4S2. The molecule has 1 aromatic heterocycles. The summed E-state index contributed by atoms with van der Waals surface area (Å²) >= 11 is 1.45. The fraction of sp³-hybridized carbons (Fsp3) is 0.167. The van der Waals surface area contributed by atoms with Crippen LogP contribution in [-0.2, 0) is 16.6 Å². The standard InChI is InChI=1S/C12H13N3O4S2/c1-8-4-5-20-12(8)7-14-21(18,19)9-2-3-11(15(16)17)10(13)6-9/h2-6,14H,7,13H2,1H3. The van der Waals surface area contributed by atoms with Crippen LogP contribution < -0.4 is 10.5 Å². The van der Waals surface area contributed by atoms with E-state index in [-0.39, 0.29) is 22.8 Å². The molecule has 112 valence electrons. The SMILES string of the molecule is Cc1ccsc1CNS(=O)(=O)c1ccc([N+](=O)[O-])c(N)c1. The number of hydrogen-bond acceptors (Lipinski definition) is 6. The lowest BCUT2D eigenvalue weighted by Gasteiger charge is -2.07. The smallest absolute Gasteiger partial charge is 0.292 e. The van der Waals surface area contributed by atoms with Gasteiger partial charge in [0.1, 0.15) is 5.69 Å². The number of nitrogens with zero attached hydrogens (tertiary/aromatic N) is 1. The first-order valence-corrected chi connectivity index (χ1v) is 8.24. The van der Waals surface area contributed by atoms with Gasteiger partial charge >= 0.3 is 0 Å². The molecule has 0 unspecified atom stereocenters. The largest absolute Gasteiger partial charge is 0.393 e. The summed E-state index contributed by atoms with van der Waals surface area (Å²) in [4.78, 5) is 10.8. The second-order valence-corrected chi connectivity index (χ2v) is 7.10. The Bertz CT molecular complexity index is 784. The van der Waals surface area contributed by atoms with E-state index in [0.717, 1.165) is 28.6 Å². The zero-order valence-electron chi connectivity index (χ0n) is 11.1. The molecule has 0 radical (unpaired) electrons. The van der Waals surface area contributed by atoms with Gasteiger partial charge in [0.05, 0.1) is 9.82 Å². The number of hydrogen-bond donors (Lipinski definition) is 2. The van der Waals surface area contributed by atoms with E-state index < -0.39 is 14.9 Å². The van der Waals surface area contributed by atoms with E-state index in [1.807, 2.05) is 18.4 Å². The van der Waals surface area contributed by atoms with E-state index in [4.69, 9.17) is 5.73 Å². The molecule has 0 saturated carbocycles. The molecule has 0 saturated heterocycles. The molecule has 1 heterocycles. The molecule has 0 amide bonds. The fourth-order valence-electron chi connectivity index (χ4n) is 1.70. The quantitative estimate of drug-likeness (QED) is 0.495. The summed E-state index contributed by atoms with van der Waals surface area (Å²) in [5.74, 6) is 0. The highest BCUT2D eigenvalue weighted by molar-refractivity contribution is 7.89. The first-order valence-electron chi connectivity index (χ1n) is 5.88. The van der Waals surface area contributed by atoms with Crippen molar-refractivity contribution >= 4 is 32.7 Å². The molecule has 0 aliphatic heterocycles. The van der Waals surface area contributed by atoms with Crippen LogP contribution in [0.25, 0.3) is 0 Å². The minimum atomic E-state index is -3.76. The number of benzene rings is 1. The Morgan fingerprint density at radius 2 is 2.10 bits per heavy atom. The Balaban J connectivity index is 2.22. The Labute approximate surface area is 125 Å². The predicted octanol–water partition coefficient (Wildman–Crippen LogP) is 2.03. The first-order chi connectivity index (χ1) is 9.81. The summed E-state index contributed by atoms with van der Waals surface area (Å²) in [7, 11) is -3.76. The molecule has 0 spiro atoms. The highest BCUT2D eigenvalue weighted by Crippen LogP contribution is 2.24. The van der Waals surface area contributed by atoms with Gasteiger partial charge in [-0.25, -0.2) is 13.1 Å². The lowest BCUT2D eigenvalue weighted by Crippen LogP contribution is -2.23. The van der Waals surface area contributed by atoms with Crippen molar-refractivity contribution in [3.05, 3.63) is 50.2 Å². The number of nitro benzene ring substituents is 1. The molecule has 0 aliphatic carbocycles. The van der Waals surface area contributed by atoms with Crippen molar-refractivity contribution in [2.75, 3.05) is 5.73 Å². The zero-order valence-corrected chi connectivity index (χ0v) is 12.7. The maximum absolute atomic E-state index is 12.1. The monoisotopic (exact) mass is 327 g/mol. The summed E-state index contributed by atoms with van der Waals surface area (Å²) < 4.78 is 26.7. The number of rotatable bonds is 5. The minimum absolute atomic E-state index is 0.0974. The molecule has 3 N–H and O–H groups in total. The van der Waals surface area contributed by atoms with Crippen LogP contribution in [0.1, 0.15) is 10.4 Å². The van der Waals surface area contributed by atoms with Gasteiger partial charge in [0.25, 0.3) is 5.69 Å². The van der Waals surface area contributed by atoms with Crippen molar-refractivity contribution in [2.24, 2.45) is 0 Å². The van der Waals surface area contributed by atoms with Crippen LogP contribution in [0.4, 0.5) is 11.4 Å². The summed E-state index contributed by atoms with van der Waals surface area (Å²) in [6.45, 7) is 2.06. The number of sulfonamides is 1. The molecular weight excluding hydrogens is 314 g/mol. The van der Waals surface area contributed by atoms with Crippen LogP contribution in [0.3, 0.4) is 0 Å². The van der Waals surface area contributed by atoms with E-state index in [0.29, 0.717) is 0 Å². The van der Waals surface area contributed by atoms with Crippen LogP contribution in [0.15, 0.2) is 34.5 Å². The van der Waals surface area contributed by atoms with Gasteiger partial charge in [-0.1, -0.05) is 0 Å². The van der Waals surface area contributed by atoms with E-state index >= 15 is 0 Å². The normalized spacial score (nSPS) is 11.5. The summed E-state index contributed by atoms with van der Waals surface area (Å²) in [5, 5.41) is 12.5. The second kappa shape index (κ2) is 5.80. The third-order valence-corrected chi connectivity index (χ3v) is 5.32. The van der Waals surface area contributed by atoms with E-state index in [9.17, 15) is 18.5 Å². The van der Waals surface area contributed by atoms with Gasteiger partial charge in [-0.05, 0) is 36.1 Å². The average molecular weight is 327 g/mol. The number of nitrogen functional groups attached to an aromatic ring is 1. The average Bonchev–Trinajstić information content (AvgIpc) is 2.81. The maximum atomic E-state index is 12.1. The fourth-order valence-corrected chi connectivity index (χ4v) is 3.66. The number of anilines is 1. The topological polar surface area (TPSA) is 115 Å². The van der Waals surface area contributed by atoms with Gasteiger partial charge < -0.3 is 5.73 Å². The van der Waals surface area contributed by atoms with Crippen LogP contribution in [-0.4, -0.2) is 13.3 Å². The van der Waals surface area contributed by atoms with E-state index in [1.165, 1.54) is 11.3 Å². The number of nitro groups is 1. The van der Waals surface area contributed by atoms with Crippen LogP contribution in [0.2, 0.25) is 0 Å². The molecule has 9 heteroatoms. The summed E-state index contributed by atoms with van der Waals surface area (Å²) in [6.07, 6.45) is 0. The van der Waals surface area contributed by atoms with Crippen LogP contribution in [0, 0.1) is 17.0 Å². The molecule has 2 rings (SSSR count). The third-order valence-electron chi connectivity index (χ3n) is 2.90. The summed E-state index contributed by atoms with van der Waals surface area (Å²) in [6, 6.07) is 5.23. The predicted molar refractivity (Wildman–Crippen MR) is 80.6 cm³/mol. The van der Waals surface area contributed by atoms with Crippen molar-refractivity contribution in [1.82, 2.24) is 4.72 Å². The van der Waals surface area contributed by atoms with Crippen molar-refractivity contribution in [3.63, 3.8) is 0 Å². The zero-order chi connectivity index (χ0) is 15.6. The lowest BCUT2D eigenvalue weighted by atomic mass is 10.3. The molecule has 0 fully saturated rings. The lowest BCUT2D eigenvalue weighted by molar-refractivity contribution is -0.383. The van der Waals surface area contributed by atoms with E-state index in [2.05, 4.69) is 4.72 Å². The van der Waals surface area contributed by atoms with Gasteiger partial charge in [0, 0.05) is 17.5 Å². The second-order valence-electron chi connectivity index (χ2n) is 4.33. The van der Waals surface area contributed by atoms with Crippen molar-refractivity contribution < 1.29 is 13.3 Å². The van der Waals surface area contributed by atoms with Gasteiger partial charge in [-0.3, -0.25) is 10.1 Å². The van der Waals surface area contributed by atoms with Crippen LogP contribution >= 0.6 is 11.3 Å². The Morgan fingerprint density at radius 1 is 1.38 bits per heavy atom.